The molecule has 3 nitrogen and oxygen atoms in total. The van der Waals surface area contributed by atoms with Crippen molar-refractivity contribution in [3.63, 3.8) is 0 Å². The van der Waals surface area contributed by atoms with Crippen molar-refractivity contribution >= 4 is 46.4 Å². The number of rotatable bonds is 2. The van der Waals surface area contributed by atoms with E-state index in [1.54, 1.807) is 0 Å². The predicted molar refractivity (Wildman–Crippen MR) is 78.2 cm³/mol. The van der Waals surface area contributed by atoms with E-state index in [0.29, 0.717) is 12.1 Å². The molecule has 1 fully saturated rings. The van der Waals surface area contributed by atoms with Crippen LogP contribution >= 0.6 is 46.4 Å². The van der Waals surface area contributed by atoms with Crippen LogP contribution in [0.15, 0.2) is 18.3 Å². The zero-order valence-electron chi connectivity index (χ0n) is 10.5. The van der Waals surface area contributed by atoms with Gasteiger partial charge in [0.25, 0.3) is 0 Å². The number of benzene rings is 1. The molecule has 0 spiro atoms. The first kappa shape index (κ1) is 16.2. The molecule has 0 amide bonds. The lowest BCUT2D eigenvalue weighted by molar-refractivity contribution is -0.137. The van der Waals surface area contributed by atoms with Gasteiger partial charge >= 0.3 is 6.18 Å². The molecule has 1 aliphatic carbocycles. The molecule has 0 aliphatic heterocycles. The van der Waals surface area contributed by atoms with E-state index in [9.17, 15) is 13.2 Å². The van der Waals surface area contributed by atoms with Crippen molar-refractivity contribution in [2.45, 2.75) is 22.8 Å². The molecule has 1 unspecified atom stereocenters. The van der Waals surface area contributed by atoms with Gasteiger partial charge in [0.2, 0.25) is 0 Å². The molecule has 1 atom stereocenters. The highest BCUT2D eigenvalue weighted by Gasteiger charge is 2.54. The van der Waals surface area contributed by atoms with E-state index < -0.39 is 16.1 Å². The smallest absolute Gasteiger partial charge is 0.217 e. The van der Waals surface area contributed by atoms with E-state index in [-0.39, 0.29) is 21.7 Å². The summed E-state index contributed by atoms with van der Waals surface area (Å²) in [5.41, 5.74) is -0.295. The Morgan fingerprint density at radius 2 is 1.73 bits per heavy atom. The number of hydrogen-bond acceptors (Lipinski definition) is 2. The van der Waals surface area contributed by atoms with Crippen LogP contribution in [0.5, 0.6) is 0 Å². The van der Waals surface area contributed by atoms with Gasteiger partial charge < -0.3 is 0 Å². The summed E-state index contributed by atoms with van der Waals surface area (Å²) in [6.07, 6.45) is -2.51. The Bertz CT molecular complexity index is 718. The molecular weight excluding hydrogens is 385 g/mol. The quantitative estimate of drug-likeness (QED) is 0.655. The lowest BCUT2D eigenvalue weighted by Crippen LogP contribution is -2.07. The fourth-order valence-electron chi connectivity index (χ4n) is 2.03. The topological polar surface area (TPSA) is 30.7 Å². The molecule has 1 heterocycles. The van der Waals surface area contributed by atoms with Gasteiger partial charge in [-0.3, -0.25) is 0 Å². The number of alkyl halides is 5. The molecule has 1 aromatic carbocycles. The average molecular weight is 391 g/mol. The highest BCUT2D eigenvalue weighted by atomic mass is 35.5. The summed E-state index contributed by atoms with van der Waals surface area (Å²) in [4.78, 5) is 0. The zero-order chi connectivity index (χ0) is 16.3. The van der Waals surface area contributed by atoms with Crippen LogP contribution in [-0.4, -0.2) is 19.3 Å². The molecule has 0 radical (unpaired) electrons. The fraction of sp³-hybridized carbons (Fsp3) is 0.333. The minimum Gasteiger partial charge on any atom is -0.217 e. The molecule has 3 rings (SSSR count). The van der Waals surface area contributed by atoms with E-state index in [0.717, 1.165) is 12.1 Å². The molecule has 0 bridgehead atoms. The monoisotopic (exact) mass is 389 g/mol. The van der Waals surface area contributed by atoms with Crippen molar-refractivity contribution in [3.05, 3.63) is 39.6 Å². The molecule has 1 saturated carbocycles. The van der Waals surface area contributed by atoms with Gasteiger partial charge in [0.05, 0.1) is 27.5 Å². The van der Waals surface area contributed by atoms with Gasteiger partial charge in [-0.1, -0.05) is 28.4 Å². The second-order valence-corrected chi connectivity index (χ2v) is 7.25. The first-order valence-electron chi connectivity index (χ1n) is 5.96. The molecule has 0 N–H and O–H groups in total. The molecule has 22 heavy (non-hydrogen) atoms. The highest BCUT2D eigenvalue weighted by molar-refractivity contribution is 6.51. The standard InChI is InChI=1S/C12H6Cl4F3N3/c13-7-1-5(12(17,18)19)2-8(14)10(7)22-4-9(20-21-22)6-3-11(6,15)16/h1-2,4,6H,3H2. The highest BCUT2D eigenvalue weighted by Crippen LogP contribution is 2.59. The lowest BCUT2D eigenvalue weighted by atomic mass is 10.2. The van der Waals surface area contributed by atoms with Crippen molar-refractivity contribution in [2.75, 3.05) is 0 Å². The number of halogens is 7. The van der Waals surface area contributed by atoms with Crippen LogP contribution in [0.25, 0.3) is 5.69 Å². The predicted octanol–water partition coefficient (Wildman–Crippen LogP) is 5.25. The van der Waals surface area contributed by atoms with Crippen molar-refractivity contribution in [1.82, 2.24) is 15.0 Å². The summed E-state index contributed by atoms with van der Waals surface area (Å²) in [5, 5.41) is 7.36. The normalized spacial score (nSPS) is 20.2. The second kappa shape index (κ2) is 5.16. The molecule has 1 aliphatic rings. The van der Waals surface area contributed by atoms with Crippen LogP contribution in [0.1, 0.15) is 23.6 Å². The summed E-state index contributed by atoms with van der Waals surface area (Å²) < 4.78 is 38.4. The van der Waals surface area contributed by atoms with Crippen LogP contribution in [0.4, 0.5) is 13.2 Å². The van der Waals surface area contributed by atoms with Crippen LogP contribution in [0, 0.1) is 0 Å². The Kier molecular flexibility index (Phi) is 3.79. The van der Waals surface area contributed by atoms with Crippen LogP contribution in [0.2, 0.25) is 10.0 Å². The van der Waals surface area contributed by atoms with Gasteiger partial charge in [-0.25, -0.2) is 4.68 Å². The lowest BCUT2D eigenvalue weighted by Gasteiger charge is -2.11. The number of aromatic nitrogens is 3. The third-order valence-corrected chi connectivity index (χ3v) is 4.68. The van der Waals surface area contributed by atoms with E-state index in [1.165, 1.54) is 10.9 Å². The molecule has 1 aromatic heterocycles. The van der Waals surface area contributed by atoms with Gasteiger partial charge in [0.1, 0.15) is 10.0 Å². The second-order valence-electron chi connectivity index (χ2n) is 4.89. The SMILES string of the molecule is FC(F)(F)c1cc(Cl)c(-n2cc(C3CC3(Cl)Cl)nn2)c(Cl)c1. The molecule has 2 aromatic rings. The van der Waals surface area contributed by atoms with Crippen LogP contribution < -0.4 is 0 Å². The zero-order valence-corrected chi connectivity index (χ0v) is 13.5. The Morgan fingerprint density at radius 1 is 1.18 bits per heavy atom. The van der Waals surface area contributed by atoms with Gasteiger partial charge in [-0.15, -0.1) is 28.3 Å². The fourth-order valence-corrected chi connectivity index (χ4v) is 3.22. The van der Waals surface area contributed by atoms with Crippen molar-refractivity contribution in [2.24, 2.45) is 0 Å². The first-order chi connectivity index (χ1) is 10.1. The molecular formula is C12H6Cl4F3N3. The Balaban J connectivity index is 1.99. The summed E-state index contributed by atoms with van der Waals surface area (Å²) in [5.74, 6) is -0.170. The van der Waals surface area contributed by atoms with Gasteiger partial charge in [-0.2, -0.15) is 13.2 Å². The van der Waals surface area contributed by atoms with Crippen molar-refractivity contribution in [1.29, 1.82) is 0 Å². The van der Waals surface area contributed by atoms with E-state index >= 15 is 0 Å². The summed E-state index contributed by atoms with van der Waals surface area (Å²) in [6.45, 7) is 0. The van der Waals surface area contributed by atoms with E-state index in [2.05, 4.69) is 10.3 Å². The number of nitrogens with zero attached hydrogens (tertiary/aromatic N) is 3. The third kappa shape index (κ3) is 2.89. The summed E-state index contributed by atoms with van der Waals surface area (Å²) >= 11 is 23.7. The average Bonchev–Trinajstić information content (AvgIpc) is 2.82. The Labute approximate surface area is 142 Å². The van der Waals surface area contributed by atoms with Crippen molar-refractivity contribution in [3.8, 4) is 5.69 Å². The van der Waals surface area contributed by atoms with Gasteiger partial charge in [-0.05, 0) is 18.6 Å². The largest absolute Gasteiger partial charge is 0.416 e. The maximum Gasteiger partial charge on any atom is 0.416 e. The van der Waals surface area contributed by atoms with Crippen LogP contribution in [-0.2, 0) is 6.18 Å². The maximum absolute atomic E-state index is 12.7. The number of hydrogen-bond donors (Lipinski definition) is 0. The summed E-state index contributed by atoms with van der Waals surface area (Å²) in [6, 6.07) is 1.57. The van der Waals surface area contributed by atoms with Gasteiger partial charge in [0, 0.05) is 5.92 Å². The van der Waals surface area contributed by atoms with Gasteiger partial charge in [0.15, 0.2) is 0 Å². The Hall–Kier alpha value is -0.690. The van der Waals surface area contributed by atoms with Crippen molar-refractivity contribution < 1.29 is 13.2 Å². The Morgan fingerprint density at radius 3 is 2.18 bits per heavy atom. The first-order valence-corrected chi connectivity index (χ1v) is 7.47. The molecule has 118 valence electrons. The molecule has 0 saturated heterocycles. The maximum atomic E-state index is 12.7. The minimum absolute atomic E-state index is 0.116. The minimum atomic E-state index is -4.54. The van der Waals surface area contributed by atoms with Crippen LogP contribution in [0.3, 0.4) is 0 Å². The van der Waals surface area contributed by atoms with E-state index in [1.807, 2.05) is 0 Å². The van der Waals surface area contributed by atoms with E-state index in [4.69, 9.17) is 46.4 Å². The molecule has 10 heteroatoms. The summed E-state index contributed by atoms with van der Waals surface area (Å²) in [7, 11) is 0. The third-order valence-electron chi connectivity index (χ3n) is 3.27.